The van der Waals surface area contributed by atoms with Crippen LogP contribution in [0.3, 0.4) is 0 Å². The Balaban J connectivity index is 1.05. The first kappa shape index (κ1) is 36.1. The zero-order valence-electron chi connectivity index (χ0n) is 34.8. The van der Waals surface area contributed by atoms with E-state index in [0.29, 0.717) is 0 Å². The Kier molecular flexibility index (Phi) is 8.27. The number of nitrogens with zero attached hydrogens (tertiary/aromatic N) is 1. The minimum atomic E-state index is -0.135. The van der Waals surface area contributed by atoms with Crippen molar-refractivity contribution in [2.24, 2.45) is 0 Å². The summed E-state index contributed by atoms with van der Waals surface area (Å²) >= 11 is 0. The van der Waals surface area contributed by atoms with E-state index in [1.54, 1.807) is 0 Å². The first-order valence-corrected chi connectivity index (χ1v) is 21.7. The smallest absolute Gasteiger partial charge is 0.0540 e. The molecule has 1 heteroatoms. The fraction of sp³-hybridized carbons (Fsp3) is 0.0492. The van der Waals surface area contributed by atoms with E-state index in [9.17, 15) is 0 Å². The molecule has 0 heterocycles. The summed E-state index contributed by atoms with van der Waals surface area (Å²) in [7, 11) is 0. The molecule has 0 fully saturated rings. The topological polar surface area (TPSA) is 3.24 Å². The summed E-state index contributed by atoms with van der Waals surface area (Å²) in [4.78, 5) is 2.48. The summed E-state index contributed by atoms with van der Waals surface area (Å²) in [6.45, 7) is 4.73. The monoisotopic (exact) mass is 789 g/mol. The maximum atomic E-state index is 2.48. The molecule has 0 aliphatic heterocycles. The molecule has 1 aliphatic rings. The van der Waals surface area contributed by atoms with Crippen LogP contribution in [-0.2, 0) is 5.41 Å². The molecule has 0 unspecified atom stereocenters. The fourth-order valence-corrected chi connectivity index (χ4v) is 10.4. The van der Waals surface area contributed by atoms with Crippen LogP contribution in [0.2, 0.25) is 0 Å². The molecule has 0 amide bonds. The molecular weight excluding hydrogens is 747 g/mol. The van der Waals surface area contributed by atoms with Crippen LogP contribution in [0.1, 0.15) is 25.0 Å². The third-order valence-corrected chi connectivity index (χ3v) is 13.4. The van der Waals surface area contributed by atoms with Gasteiger partial charge in [-0.25, -0.2) is 0 Å². The number of anilines is 3. The Morgan fingerprint density at radius 2 is 0.823 bits per heavy atom. The van der Waals surface area contributed by atoms with Crippen molar-refractivity contribution in [2.45, 2.75) is 19.3 Å². The van der Waals surface area contributed by atoms with Gasteiger partial charge in [-0.2, -0.15) is 0 Å². The van der Waals surface area contributed by atoms with Crippen molar-refractivity contribution in [3.8, 4) is 44.5 Å². The molecule has 292 valence electrons. The lowest BCUT2D eigenvalue weighted by Gasteiger charge is -2.30. The van der Waals surface area contributed by atoms with Gasteiger partial charge in [0.1, 0.15) is 0 Å². The van der Waals surface area contributed by atoms with Gasteiger partial charge in [0.05, 0.1) is 5.69 Å². The Morgan fingerprint density at radius 1 is 0.306 bits per heavy atom. The van der Waals surface area contributed by atoms with E-state index in [1.165, 1.54) is 98.7 Å². The molecule has 0 saturated carbocycles. The average Bonchev–Trinajstić information content (AvgIpc) is 3.57. The van der Waals surface area contributed by atoms with Crippen LogP contribution in [0, 0.1) is 0 Å². The third-order valence-electron chi connectivity index (χ3n) is 13.4. The molecule has 0 bridgehead atoms. The number of hydrogen-bond donors (Lipinski definition) is 0. The molecule has 11 aromatic carbocycles. The van der Waals surface area contributed by atoms with E-state index in [2.05, 4.69) is 243 Å². The number of para-hydroxylation sites is 1. The summed E-state index contributed by atoms with van der Waals surface area (Å²) in [5.41, 5.74) is 15.9. The van der Waals surface area contributed by atoms with Gasteiger partial charge in [-0.1, -0.05) is 202 Å². The third kappa shape index (κ3) is 5.70. The van der Waals surface area contributed by atoms with E-state index in [4.69, 9.17) is 0 Å². The van der Waals surface area contributed by atoms with Gasteiger partial charge in [0.15, 0.2) is 0 Å². The minimum absolute atomic E-state index is 0.135. The second-order valence-electron chi connectivity index (χ2n) is 17.3. The van der Waals surface area contributed by atoms with Crippen molar-refractivity contribution < 1.29 is 0 Å². The van der Waals surface area contributed by atoms with Crippen LogP contribution in [0.15, 0.2) is 224 Å². The van der Waals surface area contributed by atoms with E-state index < -0.39 is 0 Å². The Morgan fingerprint density at radius 3 is 1.58 bits per heavy atom. The zero-order chi connectivity index (χ0) is 41.4. The van der Waals surface area contributed by atoms with Crippen molar-refractivity contribution in [3.63, 3.8) is 0 Å². The Bertz CT molecular complexity index is 3520. The van der Waals surface area contributed by atoms with E-state index in [-0.39, 0.29) is 5.41 Å². The van der Waals surface area contributed by atoms with Crippen LogP contribution in [-0.4, -0.2) is 0 Å². The highest BCUT2D eigenvalue weighted by Crippen LogP contribution is 2.52. The first-order valence-electron chi connectivity index (χ1n) is 21.7. The van der Waals surface area contributed by atoms with Crippen molar-refractivity contribution >= 4 is 60.2 Å². The van der Waals surface area contributed by atoms with Crippen LogP contribution >= 0.6 is 0 Å². The molecule has 11 aromatic rings. The average molecular weight is 790 g/mol. The second kappa shape index (κ2) is 14.2. The highest BCUT2D eigenvalue weighted by molar-refractivity contribution is 6.29. The van der Waals surface area contributed by atoms with Crippen molar-refractivity contribution in [1.82, 2.24) is 0 Å². The first-order chi connectivity index (χ1) is 30.5. The highest BCUT2D eigenvalue weighted by Gasteiger charge is 2.36. The van der Waals surface area contributed by atoms with Gasteiger partial charge in [0, 0.05) is 22.4 Å². The fourth-order valence-electron chi connectivity index (χ4n) is 10.4. The van der Waals surface area contributed by atoms with E-state index >= 15 is 0 Å². The largest absolute Gasteiger partial charge is 0.310 e. The predicted molar refractivity (Wildman–Crippen MR) is 265 cm³/mol. The van der Waals surface area contributed by atoms with Crippen LogP contribution in [0.4, 0.5) is 17.1 Å². The lowest BCUT2D eigenvalue weighted by molar-refractivity contribution is 0.660. The van der Waals surface area contributed by atoms with Gasteiger partial charge < -0.3 is 4.90 Å². The normalized spacial score (nSPS) is 12.8. The van der Waals surface area contributed by atoms with Gasteiger partial charge >= 0.3 is 0 Å². The van der Waals surface area contributed by atoms with Gasteiger partial charge in [-0.3, -0.25) is 0 Å². The zero-order valence-corrected chi connectivity index (χ0v) is 34.8. The Labute approximate surface area is 362 Å². The van der Waals surface area contributed by atoms with Gasteiger partial charge in [-0.15, -0.1) is 0 Å². The van der Waals surface area contributed by atoms with E-state index in [1.807, 2.05) is 0 Å². The molecule has 12 rings (SSSR count). The molecule has 0 radical (unpaired) electrons. The van der Waals surface area contributed by atoms with Crippen molar-refractivity contribution in [3.05, 3.63) is 236 Å². The molecule has 62 heavy (non-hydrogen) atoms. The van der Waals surface area contributed by atoms with Gasteiger partial charge in [0.25, 0.3) is 0 Å². The van der Waals surface area contributed by atoms with Crippen LogP contribution in [0.5, 0.6) is 0 Å². The summed E-state index contributed by atoms with van der Waals surface area (Å²) < 4.78 is 0. The van der Waals surface area contributed by atoms with Crippen LogP contribution in [0.25, 0.3) is 87.6 Å². The summed E-state index contributed by atoms with van der Waals surface area (Å²) in [6.07, 6.45) is 0. The second-order valence-corrected chi connectivity index (χ2v) is 17.3. The molecule has 1 aliphatic carbocycles. The molecule has 0 atom stereocenters. The lowest BCUT2D eigenvalue weighted by atomic mass is 9.82. The molecular formula is C61H43N. The van der Waals surface area contributed by atoms with Crippen molar-refractivity contribution in [1.29, 1.82) is 0 Å². The predicted octanol–water partition coefficient (Wildman–Crippen LogP) is 17.1. The maximum Gasteiger partial charge on any atom is 0.0540 e. The molecule has 1 nitrogen and oxygen atoms in total. The minimum Gasteiger partial charge on any atom is -0.310 e. The molecule has 0 spiro atoms. The quantitative estimate of drug-likeness (QED) is 0.152. The standard InChI is InChI=1S/C61H43N/c1-61(2)56-22-12-10-19-51(56)52-37-36-48(39-57(52)61)62(47-34-32-43(33-35-47)42-26-24-41(25-27-42)40-14-4-3-5-15-40)58-23-13-11-20-53(58)55-38-46-31-30-45-29-28-44-16-6-7-17-49(44)59(45)60(46)54-21-9-8-18-50(54)55/h3-39H,1-2H3. The van der Waals surface area contributed by atoms with Gasteiger partial charge in [0.2, 0.25) is 0 Å². The SMILES string of the molecule is CC1(C)c2ccccc2-c2ccc(N(c3ccc(-c4ccc(-c5ccccc5)cc4)cc3)c3ccccc3-c3cc4ccc5ccc6ccccc6c5c4c4ccccc34)cc21. The number of rotatable bonds is 6. The van der Waals surface area contributed by atoms with Crippen molar-refractivity contribution in [2.75, 3.05) is 4.90 Å². The molecule has 0 N–H and O–H groups in total. The number of hydrogen-bond acceptors (Lipinski definition) is 1. The summed E-state index contributed by atoms with van der Waals surface area (Å²) in [5.74, 6) is 0. The summed E-state index contributed by atoms with van der Waals surface area (Å²) in [6, 6.07) is 83.0. The maximum absolute atomic E-state index is 2.48. The lowest BCUT2D eigenvalue weighted by Crippen LogP contribution is -2.16. The van der Waals surface area contributed by atoms with Crippen LogP contribution < -0.4 is 4.90 Å². The highest BCUT2D eigenvalue weighted by atomic mass is 15.1. The Hall–Kier alpha value is -7.74. The summed E-state index contributed by atoms with van der Waals surface area (Å²) in [5, 5.41) is 10.2. The molecule has 0 saturated heterocycles. The number of benzene rings is 11. The number of fused-ring (bicyclic) bond motifs is 10. The van der Waals surface area contributed by atoms with Gasteiger partial charge in [-0.05, 0) is 130 Å². The van der Waals surface area contributed by atoms with E-state index in [0.717, 1.165) is 17.1 Å². The molecule has 0 aromatic heterocycles.